The van der Waals surface area contributed by atoms with E-state index in [0.717, 1.165) is 35.2 Å². The number of rotatable bonds is 2. The Labute approximate surface area is 134 Å². The van der Waals surface area contributed by atoms with Gasteiger partial charge in [-0.25, -0.2) is 0 Å². The van der Waals surface area contributed by atoms with Gasteiger partial charge in [0.2, 0.25) is 0 Å². The Morgan fingerprint density at radius 3 is 2.83 bits per heavy atom. The van der Waals surface area contributed by atoms with Gasteiger partial charge in [-0.05, 0) is 37.1 Å². The summed E-state index contributed by atoms with van der Waals surface area (Å²) in [7, 11) is 0. The van der Waals surface area contributed by atoms with Crippen molar-refractivity contribution in [3.05, 3.63) is 65.2 Å². The zero-order chi connectivity index (χ0) is 16.0. The second-order valence-corrected chi connectivity index (χ2v) is 6.25. The Bertz CT molecular complexity index is 877. The molecule has 0 spiro atoms. The van der Waals surface area contributed by atoms with Crippen LogP contribution < -0.4 is 0 Å². The minimum absolute atomic E-state index is 0.0171. The van der Waals surface area contributed by atoms with Gasteiger partial charge in [0, 0.05) is 42.4 Å². The van der Waals surface area contributed by atoms with Crippen LogP contribution in [0.2, 0.25) is 0 Å². The fourth-order valence-electron chi connectivity index (χ4n) is 3.15. The molecule has 1 amide bonds. The lowest BCUT2D eigenvalue weighted by Crippen LogP contribution is -2.48. The number of likely N-dealkylation sites (tertiary alicyclic amines) is 1. The number of amides is 1. The maximum atomic E-state index is 12.7. The molecule has 0 N–H and O–H groups in total. The molecule has 2 aromatic heterocycles. The van der Waals surface area contributed by atoms with Gasteiger partial charge in [0.05, 0.1) is 0 Å². The van der Waals surface area contributed by atoms with Crippen molar-refractivity contribution in [2.75, 3.05) is 13.1 Å². The molecule has 3 aromatic rings. The van der Waals surface area contributed by atoms with Crippen molar-refractivity contribution in [2.24, 2.45) is 0 Å². The van der Waals surface area contributed by atoms with Crippen LogP contribution in [-0.2, 0) is 0 Å². The zero-order valence-electron chi connectivity index (χ0n) is 13.2. The highest BCUT2D eigenvalue weighted by atomic mass is 16.3. The van der Waals surface area contributed by atoms with Crippen LogP contribution in [-0.4, -0.2) is 28.9 Å². The van der Waals surface area contributed by atoms with Gasteiger partial charge < -0.3 is 9.32 Å². The van der Waals surface area contributed by atoms with E-state index in [1.54, 1.807) is 6.20 Å². The number of benzene rings is 1. The normalized spacial score (nSPS) is 15.0. The summed E-state index contributed by atoms with van der Waals surface area (Å²) in [5, 5.41) is 1.02. The van der Waals surface area contributed by atoms with Gasteiger partial charge >= 0.3 is 0 Å². The average molecular weight is 306 g/mol. The Hall–Kier alpha value is -2.62. The highest BCUT2D eigenvalue weighted by Crippen LogP contribution is 2.31. The van der Waals surface area contributed by atoms with E-state index in [0.29, 0.717) is 11.7 Å². The number of hydrogen-bond acceptors (Lipinski definition) is 3. The van der Waals surface area contributed by atoms with Crippen LogP contribution in [0.25, 0.3) is 11.0 Å². The molecule has 3 heterocycles. The summed E-state index contributed by atoms with van der Waals surface area (Å²) >= 11 is 0. The first-order valence-corrected chi connectivity index (χ1v) is 7.82. The summed E-state index contributed by atoms with van der Waals surface area (Å²) in [4.78, 5) is 18.7. The second kappa shape index (κ2) is 5.23. The summed E-state index contributed by atoms with van der Waals surface area (Å²) < 4.78 is 5.84. The maximum Gasteiger partial charge on any atom is 0.289 e. The van der Waals surface area contributed by atoms with Gasteiger partial charge in [-0.1, -0.05) is 18.2 Å². The van der Waals surface area contributed by atoms with Gasteiger partial charge in [0.15, 0.2) is 5.76 Å². The fraction of sp³-hybridized carbons (Fsp3) is 0.263. The van der Waals surface area contributed by atoms with Gasteiger partial charge in [0.25, 0.3) is 5.91 Å². The van der Waals surface area contributed by atoms with Crippen molar-refractivity contribution >= 4 is 16.9 Å². The van der Waals surface area contributed by atoms with Crippen molar-refractivity contribution in [3.8, 4) is 0 Å². The third kappa shape index (κ3) is 2.31. The lowest BCUT2D eigenvalue weighted by molar-refractivity contribution is 0.0570. The largest absolute Gasteiger partial charge is 0.451 e. The van der Waals surface area contributed by atoms with Crippen molar-refractivity contribution in [1.29, 1.82) is 0 Å². The quantitative estimate of drug-likeness (QED) is 0.725. The van der Waals surface area contributed by atoms with Crippen molar-refractivity contribution in [2.45, 2.75) is 19.8 Å². The Morgan fingerprint density at radius 2 is 2.09 bits per heavy atom. The number of furan rings is 1. The van der Waals surface area contributed by atoms with E-state index in [1.165, 1.54) is 5.56 Å². The highest BCUT2D eigenvalue weighted by molar-refractivity contribution is 5.99. The number of pyridine rings is 1. The number of carbonyl (C=O) groups is 1. The molecule has 1 saturated heterocycles. The predicted molar refractivity (Wildman–Crippen MR) is 88.6 cm³/mol. The molecule has 4 rings (SSSR count). The molecule has 0 aliphatic carbocycles. The van der Waals surface area contributed by atoms with Gasteiger partial charge in [-0.2, -0.15) is 0 Å². The molecule has 116 valence electrons. The molecule has 23 heavy (non-hydrogen) atoms. The molecular formula is C19H18N2O2. The molecule has 1 aromatic carbocycles. The SMILES string of the molecule is Cc1ccc2c(C)c(C(=O)N3CC(c4cccnc4)C3)oc2c1. The maximum absolute atomic E-state index is 12.7. The van der Waals surface area contributed by atoms with Gasteiger partial charge in [-0.15, -0.1) is 0 Å². The summed E-state index contributed by atoms with van der Waals surface area (Å²) in [6, 6.07) is 10.0. The van der Waals surface area contributed by atoms with Crippen LogP contribution in [0.15, 0.2) is 47.1 Å². The average Bonchev–Trinajstić information content (AvgIpc) is 2.83. The van der Waals surface area contributed by atoms with E-state index in [2.05, 4.69) is 11.1 Å². The van der Waals surface area contributed by atoms with Crippen molar-refractivity contribution in [1.82, 2.24) is 9.88 Å². The smallest absolute Gasteiger partial charge is 0.289 e. The standard InChI is InChI=1S/C19H18N2O2/c1-12-5-6-16-13(2)18(23-17(16)8-12)19(22)21-10-15(11-21)14-4-3-7-20-9-14/h3-9,15H,10-11H2,1-2H3. The molecule has 1 aliphatic rings. The van der Waals surface area contributed by atoms with Gasteiger partial charge in [-0.3, -0.25) is 9.78 Å². The summed E-state index contributed by atoms with van der Waals surface area (Å²) in [5.41, 5.74) is 4.03. The zero-order valence-corrected chi connectivity index (χ0v) is 13.2. The monoisotopic (exact) mass is 306 g/mol. The number of fused-ring (bicyclic) bond motifs is 1. The Morgan fingerprint density at radius 1 is 1.26 bits per heavy atom. The molecule has 0 atom stereocenters. The molecule has 4 nitrogen and oxygen atoms in total. The number of aromatic nitrogens is 1. The third-order valence-corrected chi connectivity index (χ3v) is 4.61. The van der Waals surface area contributed by atoms with Crippen LogP contribution in [0.5, 0.6) is 0 Å². The van der Waals surface area contributed by atoms with Crippen LogP contribution >= 0.6 is 0 Å². The Balaban J connectivity index is 1.56. The molecule has 1 fully saturated rings. The minimum atomic E-state index is -0.0171. The summed E-state index contributed by atoms with van der Waals surface area (Å²) in [6.07, 6.45) is 3.65. The topological polar surface area (TPSA) is 46.3 Å². The van der Waals surface area contributed by atoms with Crippen LogP contribution in [0.4, 0.5) is 0 Å². The molecule has 1 aliphatic heterocycles. The molecule has 0 radical (unpaired) electrons. The van der Waals surface area contributed by atoms with E-state index in [4.69, 9.17) is 4.42 Å². The highest BCUT2D eigenvalue weighted by Gasteiger charge is 2.34. The summed E-state index contributed by atoms with van der Waals surface area (Å²) in [5.74, 6) is 0.825. The first-order valence-electron chi connectivity index (χ1n) is 7.82. The van der Waals surface area contributed by atoms with E-state index in [9.17, 15) is 4.79 Å². The first kappa shape index (κ1) is 14.0. The molecule has 0 saturated carbocycles. The summed E-state index contributed by atoms with van der Waals surface area (Å²) in [6.45, 7) is 5.42. The Kier molecular flexibility index (Phi) is 3.18. The first-order chi connectivity index (χ1) is 11.1. The van der Waals surface area contributed by atoms with Crippen LogP contribution in [0.3, 0.4) is 0 Å². The van der Waals surface area contributed by atoms with E-state index in [-0.39, 0.29) is 5.91 Å². The number of aryl methyl sites for hydroxylation is 2. The van der Waals surface area contributed by atoms with Gasteiger partial charge in [0.1, 0.15) is 5.58 Å². The molecular weight excluding hydrogens is 288 g/mol. The number of nitrogens with zero attached hydrogens (tertiary/aromatic N) is 2. The van der Waals surface area contributed by atoms with E-state index >= 15 is 0 Å². The number of hydrogen-bond donors (Lipinski definition) is 0. The second-order valence-electron chi connectivity index (χ2n) is 6.25. The molecule has 0 bridgehead atoms. The fourth-order valence-corrected chi connectivity index (χ4v) is 3.15. The van der Waals surface area contributed by atoms with E-state index < -0.39 is 0 Å². The third-order valence-electron chi connectivity index (χ3n) is 4.61. The molecule has 4 heteroatoms. The number of carbonyl (C=O) groups excluding carboxylic acids is 1. The predicted octanol–water partition coefficient (Wildman–Crippen LogP) is 3.68. The minimum Gasteiger partial charge on any atom is -0.451 e. The van der Waals surface area contributed by atoms with Crippen LogP contribution in [0, 0.1) is 13.8 Å². The van der Waals surface area contributed by atoms with Crippen molar-refractivity contribution < 1.29 is 9.21 Å². The van der Waals surface area contributed by atoms with E-state index in [1.807, 2.05) is 49.2 Å². The molecule has 0 unspecified atom stereocenters. The lowest BCUT2D eigenvalue weighted by Gasteiger charge is -2.39. The lowest BCUT2D eigenvalue weighted by atomic mass is 9.92. The van der Waals surface area contributed by atoms with Crippen LogP contribution in [0.1, 0.15) is 33.2 Å². The van der Waals surface area contributed by atoms with Crippen molar-refractivity contribution in [3.63, 3.8) is 0 Å².